The minimum absolute atomic E-state index is 0.179. The molecule has 5 heteroatoms. The molecule has 1 amide bonds. The van der Waals surface area contributed by atoms with E-state index in [1.165, 1.54) is 18.2 Å². The predicted molar refractivity (Wildman–Crippen MR) is 73.9 cm³/mol. The first-order chi connectivity index (χ1) is 9.00. The summed E-state index contributed by atoms with van der Waals surface area (Å²) in [6, 6.07) is 9.32. The first kappa shape index (κ1) is 13.2. The molecular weight excluding hydrogens is 266 g/mol. The second-order valence-corrected chi connectivity index (χ2v) is 4.46. The van der Waals surface area contributed by atoms with E-state index in [1.54, 1.807) is 25.1 Å². The summed E-state index contributed by atoms with van der Waals surface area (Å²) in [5, 5.41) is 22.2. The molecular formula is C14H12ClNO3. The first-order valence-electron chi connectivity index (χ1n) is 5.58. The SMILES string of the molecule is Cc1cccc(Cl)c1NC(=O)c1c(O)cccc1O. The number of hydrogen-bond acceptors (Lipinski definition) is 3. The third-order valence-corrected chi connectivity index (χ3v) is 3.02. The number of para-hydroxylation sites is 1. The van der Waals surface area contributed by atoms with Gasteiger partial charge in [-0.1, -0.05) is 29.8 Å². The largest absolute Gasteiger partial charge is 0.507 e. The number of halogens is 1. The van der Waals surface area contributed by atoms with Gasteiger partial charge in [0.25, 0.3) is 5.91 Å². The summed E-state index contributed by atoms with van der Waals surface area (Å²) in [5.74, 6) is -1.20. The van der Waals surface area contributed by atoms with Crippen molar-refractivity contribution in [3.05, 3.63) is 52.5 Å². The predicted octanol–water partition coefficient (Wildman–Crippen LogP) is 3.31. The molecule has 0 heterocycles. The molecule has 0 unspecified atom stereocenters. The van der Waals surface area contributed by atoms with Gasteiger partial charge in [0.05, 0.1) is 10.7 Å². The van der Waals surface area contributed by atoms with Crippen molar-refractivity contribution >= 4 is 23.2 Å². The zero-order chi connectivity index (χ0) is 14.0. The smallest absolute Gasteiger partial charge is 0.263 e. The quantitative estimate of drug-likeness (QED) is 0.789. The minimum Gasteiger partial charge on any atom is -0.507 e. The number of benzene rings is 2. The normalized spacial score (nSPS) is 10.2. The molecule has 2 rings (SSSR count). The fourth-order valence-corrected chi connectivity index (χ4v) is 2.00. The maximum Gasteiger partial charge on any atom is 0.263 e. The van der Waals surface area contributed by atoms with Gasteiger partial charge in [0.2, 0.25) is 0 Å². The number of anilines is 1. The molecule has 0 aromatic heterocycles. The third kappa shape index (κ3) is 2.63. The zero-order valence-electron chi connectivity index (χ0n) is 10.1. The molecule has 0 aliphatic heterocycles. The molecule has 2 aromatic carbocycles. The van der Waals surface area contributed by atoms with Crippen LogP contribution >= 0.6 is 11.6 Å². The van der Waals surface area contributed by atoms with Gasteiger partial charge in [-0.3, -0.25) is 4.79 Å². The van der Waals surface area contributed by atoms with E-state index in [2.05, 4.69) is 5.32 Å². The number of phenols is 2. The molecule has 0 radical (unpaired) electrons. The summed E-state index contributed by atoms with van der Waals surface area (Å²) >= 11 is 6.00. The number of amides is 1. The summed E-state index contributed by atoms with van der Waals surface area (Å²) in [6.07, 6.45) is 0. The number of carbonyl (C=O) groups excluding carboxylic acids is 1. The van der Waals surface area contributed by atoms with Crippen LogP contribution in [0.15, 0.2) is 36.4 Å². The fourth-order valence-electron chi connectivity index (χ4n) is 1.73. The van der Waals surface area contributed by atoms with Crippen LogP contribution in [-0.2, 0) is 0 Å². The van der Waals surface area contributed by atoms with Crippen molar-refractivity contribution in [3.63, 3.8) is 0 Å². The Kier molecular flexibility index (Phi) is 3.62. The number of hydrogen-bond donors (Lipinski definition) is 3. The summed E-state index contributed by atoms with van der Waals surface area (Å²) in [6.45, 7) is 1.80. The van der Waals surface area contributed by atoms with Crippen LogP contribution in [0.2, 0.25) is 5.02 Å². The second kappa shape index (κ2) is 5.20. The van der Waals surface area contributed by atoms with E-state index in [9.17, 15) is 15.0 Å². The third-order valence-electron chi connectivity index (χ3n) is 2.71. The van der Waals surface area contributed by atoms with Gasteiger partial charge in [-0.2, -0.15) is 0 Å². The highest BCUT2D eigenvalue weighted by atomic mass is 35.5. The zero-order valence-corrected chi connectivity index (χ0v) is 10.9. The van der Waals surface area contributed by atoms with Gasteiger partial charge < -0.3 is 15.5 Å². The summed E-state index contributed by atoms with van der Waals surface area (Å²) in [4.78, 5) is 12.1. The van der Waals surface area contributed by atoms with E-state index in [1.807, 2.05) is 0 Å². The Hall–Kier alpha value is -2.20. The molecule has 98 valence electrons. The Morgan fingerprint density at radius 1 is 1.11 bits per heavy atom. The van der Waals surface area contributed by atoms with E-state index >= 15 is 0 Å². The molecule has 0 saturated heterocycles. The van der Waals surface area contributed by atoms with Crippen LogP contribution in [0.1, 0.15) is 15.9 Å². The highest BCUT2D eigenvalue weighted by Crippen LogP contribution is 2.30. The number of carbonyl (C=O) groups is 1. The van der Waals surface area contributed by atoms with Gasteiger partial charge in [-0.05, 0) is 30.7 Å². The maximum atomic E-state index is 12.1. The number of aromatic hydroxyl groups is 2. The molecule has 0 bridgehead atoms. The van der Waals surface area contributed by atoms with Gasteiger partial charge in [-0.25, -0.2) is 0 Å². The molecule has 0 aliphatic rings. The van der Waals surface area contributed by atoms with E-state index < -0.39 is 5.91 Å². The lowest BCUT2D eigenvalue weighted by atomic mass is 10.1. The highest BCUT2D eigenvalue weighted by Gasteiger charge is 2.17. The van der Waals surface area contributed by atoms with Crippen molar-refractivity contribution in [2.24, 2.45) is 0 Å². The summed E-state index contributed by atoms with van der Waals surface area (Å²) < 4.78 is 0. The Labute approximate surface area is 115 Å². The van der Waals surface area contributed by atoms with Crippen LogP contribution in [0, 0.1) is 6.92 Å². The van der Waals surface area contributed by atoms with Gasteiger partial charge in [0.1, 0.15) is 17.1 Å². The molecule has 19 heavy (non-hydrogen) atoms. The number of phenolic OH excluding ortho intramolecular Hbond substituents is 2. The summed E-state index contributed by atoms with van der Waals surface area (Å²) in [5.41, 5.74) is 1.06. The molecule has 0 spiro atoms. The van der Waals surface area contributed by atoms with Gasteiger partial charge in [0.15, 0.2) is 0 Å². The van der Waals surface area contributed by atoms with Gasteiger partial charge in [0, 0.05) is 0 Å². The van der Waals surface area contributed by atoms with Crippen molar-refractivity contribution in [2.45, 2.75) is 6.92 Å². The standard InChI is InChI=1S/C14H12ClNO3/c1-8-4-2-5-9(15)13(8)16-14(19)12-10(17)6-3-7-11(12)18/h2-7,17-18H,1H3,(H,16,19). The molecule has 0 saturated carbocycles. The van der Waals surface area contributed by atoms with Crippen molar-refractivity contribution in [2.75, 3.05) is 5.32 Å². The number of aryl methyl sites for hydroxylation is 1. The van der Waals surface area contributed by atoms with Crippen LogP contribution in [-0.4, -0.2) is 16.1 Å². The first-order valence-corrected chi connectivity index (χ1v) is 5.96. The van der Waals surface area contributed by atoms with Crippen LogP contribution in [0.25, 0.3) is 0 Å². The van der Waals surface area contributed by atoms with Crippen molar-refractivity contribution in [3.8, 4) is 11.5 Å². The molecule has 4 nitrogen and oxygen atoms in total. The van der Waals surface area contributed by atoms with E-state index in [0.717, 1.165) is 5.56 Å². The Morgan fingerprint density at radius 2 is 1.68 bits per heavy atom. The van der Waals surface area contributed by atoms with Crippen LogP contribution in [0.4, 0.5) is 5.69 Å². The Bertz CT molecular complexity index is 600. The van der Waals surface area contributed by atoms with Crippen LogP contribution in [0.3, 0.4) is 0 Å². The molecule has 0 atom stereocenters. The van der Waals surface area contributed by atoms with Crippen molar-refractivity contribution in [1.29, 1.82) is 0 Å². The van der Waals surface area contributed by atoms with Crippen LogP contribution in [0.5, 0.6) is 11.5 Å². The van der Waals surface area contributed by atoms with E-state index in [4.69, 9.17) is 11.6 Å². The lowest BCUT2D eigenvalue weighted by Crippen LogP contribution is -2.13. The Balaban J connectivity index is 2.37. The molecule has 0 fully saturated rings. The average molecular weight is 278 g/mol. The van der Waals surface area contributed by atoms with Gasteiger partial charge in [-0.15, -0.1) is 0 Å². The average Bonchev–Trinajstić information content (AvgIpc) is 2.34. The van der Waals surface area contributed by atoms with Crippen molar-refractivity contribution in [1.82, 2.24) is 0 Å². The van der Waals surface area contributed by atoms with E-state index in [0.29, 0.717) is 10.7 Å². The fraction of sp³-hybridized carbons (Fsp3) is 0.0714. The maximum absolute atomic E-state index is 12.1. The van der Waals surface area contributed by atoms with E-state index in [-0.39, 0.29) is 17.1 Å². The number of nitrogens with one attached hydrogen (secondary N) is 1. The topological polar surface area (TPSA) is 69.6 Å². The monoisotopic (exact) mass is 277 g/mol. The van der Waals surface area contributed by atoms with Crippen LogP contribution < -0.4 is 5.32 Å². The summed E-state index contributed by atoms with van der Waals surface area (Å²) in [7, 11) is 0. The van der Waals surface area contributed by atoms with Gasteiger partial charge >= 0.3 is 0 Å². The number of rotatable bonds is 2. The molecule has 2 aromatic rings. The van der Waals surface area contributed by atoms with Crippen molar-refractivity contribution < 1.29 is 15.0 Å². The highest BCUT2D eigenvalue weighted by molar-refractivity contribution is 6.34. The second-order valence-electron chi connectivity index (χ2n) is 4.06. The Morgan fingerprint density at radius 3 is 2.26 bits per heavy atom. The minimum atomic E-state index is -0.619. The molecule has 0 aliphatic carbocycles. The lowest BCUT2D eigenvalue weighted by Gasteiger charge is -2.11. The molecule has 3 N–H and O–H groups in total. The lowest BCUT2D eigenvalue weighted by molar-refractivity contribution is 0.102.